The molecular weight excluding hydrogens is 262 g/mol. The van der Waals surface area contributed by atoms with Crippen LogP contribution in [0.2, 0.25) is 0 Å². The molecule has 98 valence electrons. The highest BCUT2D eigenvalue weighted by Crippen LogP contribution is 2.13. The average Bonchev–Trinajstić information content (AvgIpc) is 3.05. The molecule has 0 atom stereocenters. The van der Waals surface area contributed by atoms with Crippen LogP contribution in [0.3, 0.4) is 0 Å². The van der Waals surface area contributed by atoms with Gasteiger partial charge in [0.2, 0.25) is 0 Å². The SMILES string of the molecule is O=c1[nH]c(CNCCn2ccnc2)nc2ccsc12. The summed E-state index contributed by atoms with van der Waals surface area (Å²) in [6, 6.07) is 1.87. The van der Waals surface area contributed by atoms with Crippen molar-refractivity contribution >= 4 is 21.6 Å². The van der Waals surface area contributed by atoms with Gasteiger partial charge in [0.05, 0.1) is 18.4 Å². The van der Waals surface area contributed by atoms with Crippen molar-refractivity contribution in [3.8, 4) is 0 Å². The van der Waals surface area contributed by atoms with Gasteiger partial charge in [0.1, 0.15) is 10.5 Å². The summed E-state index contributed by atoms with van der Waals surface area (Å²) in [5.74, 6) is 0.668. The number of imidazole rings is 1. The van der Waals surface area contributed by atoms with Crippen LogP contribution < -0.4 is 10.9 Å². The predicted octanol–water partition coefficient (Wildman–Crippen LogP) is 0.971. The van der Waals surface area contributed by atoms with E-state index < -0.39 is 0 Å². The summed E-state index contributed by atoms with van der Waals surface area (Å²) >= 11 is 1.41. The van der Waals surface area contributed by atoms with Gasteiger partial charge in [-0.05, 0) is 11.4 Å². The molecule has 2 N–H and O–H groups in total. The lowest BCUT2D eigenvalue weighted by molar-refractivity contribution is 0.585. The summed E-state index contributed by atoms with van der Waals surface area (Å²) in [5, 5.41) is 5.12. The van der Waals surface area contributed by atoms with Crippen LogP contribution in [0.15, 0.2) is 35.0 Å². The molecule has 3 aromatic heterocycles. The summed E-state index contributed by atoms with van der Waals surface area (Å²) in [7, 11) is 0. The fraction of sp³-hybridized carbons (Fsp3) is 0.250. The second kappa shape index (κ2) is 5.33. The third-order valence-electron chi connectivity index (χ3n) is 2.76. The number of nitrogens with zero attached hydrogens (tertiary/aromatic N) is 3. The van der Waals surface area contributed by atoms with Crippen LogP contribution in [0.1, 0.15) is 5.82 Å². The normalized spacial score (nSPS) is 11.2. The summed E-state index contributed by atoms with van der Waals surface area (Å²) in [5.41, 5.74) is 0.701. The zero-order valence-corrected chi connectivity index (χ0v) is 11.0. The van der Waals surface area contributed by atoms with Gasteiger partial charge in [0.15, 0.2) is 0 Å². The van der Waals surface area contributed by atoms with Gasteiger partial charge in [-0.3, -0.25) is 4.79 Å². The molecule has 3 rings (SSSR count). The molecule has 3 aromatic rings. The molecule has 0 unspecified atom stereocenters. The van der Waals surface area contributed by atoms with Crippen LogP contribution in [-0.4, -0.2) is 26.1 Å². The van der Waals surface area contributed by atoms with Crippen LogP contribution in [0.4, 0.5) is 0 Å². The van der Waals surface area contributed by atoms with Crippen LogP contribution in [0.25, 0.3) is 10.2 Å². The number of fused-ring (bicyclic) bond motifs is 1. The van der Waals surface area contributed by atoms with Crippen LogP contribution in [-0.2, 0) is 13.1 Å². The maximum Gasteiger partial charge on any atom is 0.268 e. The van der Waals surface area contributed by atoms with E-state index in [1.54, 1.807) is 12.5 Å². The molecule has 0 saturated carbocycles. The molecule has 7 heteroatoms. The number of hydrogen-bond donors (Lipinski definition) is 2. The number of hydrogen-bond acceptors (Lipinski definition) is 5. The summed E-state index contributed by atoms with van der Waals surface area (Å²) in [6.07, 6.45) is 5.45. The molecule has 19 heavy (non-hydrogen) atoms. The van der Waals surface area contributed by atoms with Gasteiger partial charge >= 0.3 is 0 Å². The molecule has 0 aliphatic rings. The van der Waals surface area contributed by atoms with E-state index in [9.17, 15) is 4.79 Å². The first-order valence-electron chi connectivity index (χ1n) is 5.96. The molecule has 0 bridgehead atoms. The van der Waals surface area contributed by atoms with Crippen molar-refractivity contribution in [1.29, 1.82) is 0 Å². The quantitative estimate of drug-likeness (QED) is 0.680. The number of H-pyrrole nitrogens is 1. The molecule has 3 heterocycles. The van der Waals surface area contributed by atoms with E-state index in [1.165, 1.54) is 11.3 Å². The summed E-state index contributed by atoms with van der Waals surface area (Å²) in [6.45, 7) is 2.18. The highest BCUT2D eigenvalue weighted by molar-refractivity contribution is 7.17. The fourth-order valence-electron chi connectivity index (χ4n) is 1.84. The zero-order chi connectivity index (χ0) is 13.1. The van der Waals surface area contributed by atoms with E-state index in [2.05, 4.69) is 20.3 Å². The highest BCUT2D eigenvalue weighted by Gasteiger charge is 2.04. The molecule has 0 radical (unpaired) electrons. The fourth-order valence-corrected chi connectivity index (χ4v) is 2.56. The zero-order valence-electron chi connectivity index (χ0n) is 10.2. The van der Waals surface area contributed by atoms with Gasteiger partial charge in [-0.25, -0.2) is 9.97 Å². The maximum atomic E-state index is 11.8. The van der Waals surface area contributed by atoms with Gasteiger partial charge in [0.25, 0.3) is 5.56 Å². The van der Waals surface area contributed by atoms with E-state index in [1.807, 2.05) is 22.2 Å². The first-order chi connectivity index (χ1) is 9.33. The first kappa shape index (κ1) is 12.1. The minimum atomic E-state index is -0.0635. The smallest absolute Gasteiger partial charge is 0.268 e. The topological polar surface area (TPSA) is 75.6 Å². The summed E-state index contributed by atoms with van der Waals surface area (Å²) < 4.78 is 2.67. The molecule has 6 nitrogen and oxygen atoms in total. The lowest BCUT2D eigenvalue weighted by Gasteiger charge is -2.05. The minimum absolute atomic E-state index is 0.0635. The van der Waals surface area contributed by atoms with E-state index >= 15 is 0 Å². The Kier molecular flexibility index (Phi) is 3.39. The largest absolute Gasteiger partial charge is 0.336 e. The Morgan fingerprint density at radius 2 is 2.42 bits per heavy atom. The Morgan fingerprint density at radius 1 is 1.47 bits per heavy atom. The summed E-state index contributed by atoms with van der Waals surface area (Å²) in [4.78, 5) is 22.9. The van der Waals surface area contributed by atoms with E-state index in [-0.39, 0.29) is 5.56 Å². The van der Waals surface area contributed by atoms with Crippen LogP contribution in [0.5, 0.6) is 0 Å². The van der Waals surface area contributed by atoms with Crippen molar-refractivity contribution in [2.45, 2.75) is 13.1 Å². The molecule has 0 saturated heterocycles. The van der Waals surface area contributed by atoms with Crippen LogP contribution >= 0.6 is 11.3 Å². The first-order valence-corrected chi connectivity index (χ1v) is 6.84. The third kappa shape index (κ3) is 2.72. The predicted molar refractivity (Wildman–Crippen MR) is 74.2 cm³/mol. The molecule has 0 spiro atoms. The van der Waals surface area contributed by atoms with Gasteiger partial charge in [-0.1, -0.05) is 0 Å². The Balaban J connectivity index is 1.60. The average molecular weight is 275 g/mol. The van der Waals surface area contributed by atoms with Gasteiger partial charge in [0, 0.05) is 25.5 Å². The molecule has 0 aliphatic carbocycles. The molecule has 0 aliphatic heterocycles. The van der Waals surface area contributed by atoms with Gasteiger partial charge in [-0.2, -0.15) is 0 Å². The van der Waals surface area contributed by atoms with Crippen LogP contribution in [0, 0.1) is 0 Å². The van der Waals surface area contributed by atoms with Crippen molar-refractivity contribution in [3.63, 3.8) is 0 Å². The molecular formula is C12H13N5OS. The van der Waals surface area contributed by atoms with Crippen molar-refractivity contribution < 1.29 is 0 Å². The lowest BCUT2D eigenvalue weighted by atomic mass is 10.4. The molecule has 0 aromatic carbocycles. The van der Waals surface area contributed by atoms with E-state index in [4.69, 9.17) is 0 Å². The number of aromatic nitrogens is 4. The Labute approximate surface area is 113 Å². The number of rotatable bonds is 5. The van der Waals surface area contributed by atoms with E-state index in [0.717, 1.165) is 18.6 Å². The van der Waals surface area contributed by atoms with Gasteiger partial charge in [-0.15, -0.1) is 11.3 Å². The number of nitrogens with one attached hydrogen (secondary N) is 2. The number of aromatic amines is 1. The second-order valence-corrected chi connectivity index (χ2v) is 5.04. The minimum Gasteiger partial charge on any atom is -0.336 e. The Morgan fingerprint density at radius 3 is 3.26 bits per heavy atom. The monoisotopic (exact) mass is 275 g/mol. The van der Waals surface area contributed by atoms with Crippen molar-refractivity contribution in [3.05, 3.63) is 46.3 Å². The van der Waals surface area contributed by atoms with E-state index in [0.29, 0.717) is 17.1 Å². The van der Waals surface area contributed by atoms with Gasteiger partial charge < -0.3 is 14.9 Å². The second-order valence-electron chi connectivity index (χ2n) is 4.12. The molecule has 0 amide bonds. The Hall–Kier alpha value is -1.99. The lowest BCUT2D eigenvalue weighted by Crippen LogP contribution is -2.22. The maximum absolute atomic E-state index is 11.8. The van der Waals surface area contributed by atoms with Crippen molar-refractivity contribution in [2.24, 2.45) is 0 Å². The third-order valence-corrected chi connectivity index (χ3v) is 3.66. The highest BCUT2D eigenvalue weighted by atomic mass is 32.1. The Bertz CT molecular complexity index is 715. The van der Waals surface area contributed by atoms with Crippen molar-refractivity contribution in [2.75, 3.05) is 6.54 Å². The molecule has 0 fully saturated rings. The van der Waals surface area contributed by atoms with Crippen molar-refractivity contribution in [1.82, 2.24) is 24.8 Å². The number of thiophene rings is 1. The standard InChI is InChI=1S/C12H13N5OS/c18-12-11-9(1-6-19-11)15-10(16-12)7-13-2-4-17-5-3-14-8-17/h1,3,5-6,8,13H,2,4,7H2,(H,15,16,18).